The van der Waals surface area contributed by atoms with Crippen molar-refractivity contribution >= 4 is 22.4 Å². The number of aromatic nitrogens is 2. The predicted molar refractivity (Wildman–Crippen MR) is 95.9 cm³/mol. The number of nitrogens with two attached hydrogens (primary N) is 1. The Hall–Kier alpha value is -3.59. The number of fused-ring (bicyclic) bond motifs is 1. The van der Waals surface area contributed by atoms with Gasteiger partial charge in [0.05, 0.1) is 16.0 Å². The Kier molecular flexibility index (Phi) is 4.46. The van der Waals surface area contributed by atoms with E-state index in [9.17, 15) is 20.0 Å². The molecule has 4 N–H and O–H groups in total. The second-order valence-corrected chi connectivity index (χ2v) is 5.70. The first-order chi connectivity index (χ1) is 12.4. The second kappa shape index (κ2) is 6.73. The van der Waals surface area contributed by atoms with E-state index in [1.165, 1.54) is 18.2 Å². The first kappa shape index (κ1) is 17.2. The highest BCUT2D eigenvalue weighted by molar-refractivity contribution is 6.03. The van der Waals surface area contributed by atoms with Gasteiger partial charge in [0.2, 0.25) is 0 Å². The standard InChI is InChI=1S/C17H15N5O4/c1-9-2-4-10(5-3-9)16(23)14(21-18)15-17(24)20-13-8-11(22(25)26)6-7-12(13)19-15/h2-8,16,23H,18H2,1H3,(H,20,24)/b21-14-/t16-/m1/s1. The maximum Gasteiger partial charge on any atom is 0.276 e. The molecule has 1 aromatic heterocycles. The first-order valence-corrected chi connectivity index (χ1v) is 7.62. The number of H-pyrrole nitrogens is 1. The SMILES string of the molecule is Cc1ccc([C@@H](O)/C(=N\N)c2nc3ccc([N+](=O)[O-])cc3[nH]c2=O)cc1. The van der Waals surface area contributed by atoms with Gasteiger partial charge in [-0.2, -0.15) is 5.10 Å². The quantitative estimate of drug-likeness (QED) is 0.280. The van der Waals surface area contributed by atoms with Crippen LogP contribution in [0.1, 0.15) is 22.9 Å². The van der Waals surface area contributed by atoms with E-state index in [1.54, 1.807) is 12.1 Å². The molecule has 0 bridgehead atoms. The molecule has 0 radical (unpaired) electrons. The van der Waals surface area contributed by atoms with Gasteiger partial charge in [0.15, 0.2) is 5.69 Å². The van der Waals surface area contributed by atoms with Crippen LogP contribution in [0.3, 0.4) is 0 Å². The fourth-order valence-corrected chi connectivity index (χ4v) is 2.53. The minimum absolute atomic E-state index is 0.102. The van der Waals surface area contributed by atoms with Gasteiger partial charge in [-0.05, 0) is 18.6 Å². The van der Waals surface area contributed by atoms with Crippen molar-refractivity contribution < 1.29 is 10.0 Å². The number of aliphatic hydroxyl groups is 1. The van der Waals surface area contributed by atoms with Crippen LogP contribution in [-0.2, 0) is 0 Å². The number of nitro groups is 1. The Morgan fingerprint density at radius 3 is 2.62 bits per heavy atom. The molecule has 9 nitrogen and oxygen atoms in total. The van der Waals surface area contributed by atoms with Crippen molar-refractivity contribution in [2.24, 2.45) is 10.9 Å². The van der Waals surface area contributed by atoms with Crippen molar-refractivity contribution in [1.82, 2.24) is 9.97 Å². The topological polar surface area (TPSA) is 148 Å². The van der Waals surface area contributed by atoms with E-state index in [0.717, 1.165) is 5.56 Å². The molecule has 0 aliphatic heterocycles. The zero-order valence-electron chi connectivity index (χ0n) is 13.7. The summed E-state index contributed by atoms with van der Waals surface area (Å²) in [6.07, 6.45) is -1.25. The summed E-state index contributed by atoms with van der Waals surface area (Å²) < 4.78 is 0. The summed E-state index contributed by atoms with van der Waals surface area (Å²) in [7, 11) is 0. The number of aryl methyl sites for hydroxylation is 1. The van der Waals surface area contributed by atoms with Crippen LogP contribution in [-0.4, -0.2) is 25.7 Å². The van der Waals surface area contributed by atoms with Gasteiger partial charge in [0.25, 0.3) is 11.2 Å². The normalized spacial score (nSPS) is 12.9. The number of benzene rings is 2. The fraction of sp³-hybridized carbons (Fsp3) is 0.118. The molecule has 2 aromatic carbocycles. The Morgan fingerprint density at radius 1 is 1.31 bits per heavy atom. The number of hydrazone groups is 1. The van der Waals surface area contributed by atoms with Crippen LogP contribution in [0.2, 0.25) is 0 Å². The molecule has 1 atom stereocenters. The van der Waals surface area contributed by atoms with Gasteiger partial charge in [-0.1, -0.05) is 29.8 Å². The maximum atomic E-state index is 12.4. The molecule has 1 heterocycles. The van der Waals surface area contributed by atoms with Gasteiger partial charge in [0.1, 0.15) is 11.8 Å². The van der Waals surface area contributed by atoms with Crippen molar-refractivity contribution in [2.45, 2.75) is 13.0 Å². The van der Waals surface area contributed by atoms with E-state index in [4.69, 9.17) is 5.84 Å². The first-order valence-electron chi connectivity index (χ1n) is 7.62. The van der Waals surface area contributed by atoms with E-state index >= 15 is 0 Å². The lowest BCUT2D eigenvalue weighted by Gasteiger charge is -2.13. The van der Waals surface area contributed by atoms with E-state index in [0.29, 0.717) is 11.1 Å². The molecule has 0 saturated heterocycles. The summed E-state index contributed by atoms with van der Waals surface area (Å²) >= 11 is 0. The van der Waals surface area contributed by atoms with Crippen molar-refractivity contribution in [2.75, 3.05) is 0 Å². The minimum atomic E-state index is -1.25. The zero-order valence-corrected chi connectivity index (χ0v) is 13.7. The molecule has 132 valence electrons. The van der Waals surface area contributed by atoms with E-state index in [2.05, 4.69) is 15.1 Å². The lowest BCUT2D eigenvalue weighted by Crippen LogP contribution is -2.26. The van der Waals surface area contributed by atoms with Crippen molar-refractivity contribution in [3.63, 3.8) is 0 Å². The number of rotatable bonds is 4. The number of aromatic amines is 1. The fourth-order valence-electron chi connectivity index (χ4n) is 2.53. The average molecular weight is 353 g/mol. The Labute approximate surface area is 147 Å². The highest BCUT2D eigenvalue weighted by atomic mass is 16.6. The Morgan fingerprint density at radius 2 is 2.00 bits per heavy atom. The molecule has 0 saturated carbocycles. The van der Waals surface area contributed by atoms with Crippen molar-refractivity contribution in [1.29, 1.82) is 0 Å². The number of nitrogens with one attached hydrogen (secondary N) is 1. The van der Waals surface area contributed by atoms with Gasteiger partial charge in [-0.15, -0.1) is 0 Å². The van der Waals surface area contributed by atoms with Crippen LogP contribution in [0.4, 0.5) is 5.69 Å². The largest absolute Gasteiger partial charge is 0.382 e. The zero-order chi connectivity index (χ0) is 18.8. The molecular weight excluding hydrogens is 338 g/mol. The van der Waals surface area contributed by atoms with Gasteiger partial charge in [-0.3, -0.25) is 14.9 Å². The molecule has 9 heteroatoms. The Balaban J connectivity index is 2.08. The Bertz CT molecular complexity index is 1070. The van der Waals surface area contributed by atoms with E-state index in [1.807, 2.05) is 19.1 Å². The molecule has 26 heavy (non-hydrogen) atoms. The molecular formula is C17H15N5O4. The van der Waals surface area contributed by atoms with E-state index in [-0.39, 0.29) is 22.6 Å². The second-order valence-electron chi connectivity index (χ2n) is 5.70. The number of nitro benzene ring substituents is 1. The monoisotopic (exact) mass is 353 g/mol. The number of hydrogen-bond donors (Lipinski definition) is 3. The summed E-state index contributed by atoms with van der Waals surface area (Å²) in [5.41, 5.74) is 0.942. The minimum Gasteiger partial charge on any atom is -0.382 e. The van der Waals surface area contributed by atoms with Crippen molar-refractivity contribution in [3.8, 4) is 0 Å². The number of aliphatic hydroxyl groups excluding tert-OH is 1. The summed E-state index contributed by atoms with van der Waals surface area (Å²) in [5.74, 6) is 5.40. The third kappa shape index (κ3) is 3.15. The molecule has 0 fully saturated rings. The van der Waals surface area contributed by atoms with Gasteiger partial charge < -0.3 is 15.9 Å². The molecule has 3 rings (SSSR count). The smallest absolute Gasteiger partial charge is 0.276 e. The number of nitrogens with zero attached hydrogens (tertiary/aromatic N) is 3. The lowest BCUT2D eigenvalue weighted by atomic mass is 10.0. The summed E-state index contributed by atoms with van der Waals surface area (Å²) in [5, 5.41) is 24.9. The van der Waals surface area contributed by atoms with Gasteiger partial charge in [0, 0.05) is 12.1 Å². The number of non-ortho nitro benzene ring substituents is 1. The lowest BCUT2D eigenvalue weighted by molar-refractivity contribution is -0.384. The maximum absolute atomic E-state index is 12.4. The number of hydrogen-bond acceptors (Lipinski definition) is 7. The van der Waals surface area contributed by atoms with Crippen LogP contribution in [0.5, 0.6) is 0 Å². The van der Waals surface area contributed by atoms with Crippen LogP contribution in [0.25, 0.3) is 11.0 Å². The highest BCUT2D eigenvalue weighted by Crippen LogP contribution is 2.20. The van der Waals surface area contributed by atoms with Crippen LogP contribution in [0, 0.1) is 17.0 Å². The molecule has 0 aliphatic carbocycles. The van der Waals surface area contributed by atoms with Crippen LogP contribution >= 0.6 is 0 Å². The molecule has 0 unspecified atom stereocenters. The molecule has 0 aliphatic rings. The molecule has 0 amide bonds. The molecule has 0 spiro atoms. The summed E-state index contributed by atoms with van der Waals surface area (Å²) in [4.78, 5) is 29.3. The van der Waals surface area contributed by atoms with E-state index < -0.39 is 16.6 Å². The summed E-state index contributed by atoms with van der Waals surface area (Å²) in [6, 6.07) is 10.9. The van der Waals surface area contributed by atoms with Gasteiger partial charge in [-0.25, -0.2) is 4.98 Å². The van der Waals surface area contributed by atoms with Crippen LogP contribution < -0.4 is 11.4 Å². The third-order valence-corrected chi connectivity index (χ3v) is 3.92. The third-order valence-electron chi connectivity index (χ3n) is 3.92. The van der Waals surface area contributed by atoms with Crippen LogP contribution in [0.15, 0.2) is 52.4 Å². The van der Waals surface area contributed by atoms with Gasteiger partial charge >= 0.3 is 0 Å². The highest BCUT2D eigenvalue weighted by Gasteiger charge is 2.22. The average Bonchev–Trinajstić information content (AvgIpc) is 2.62. The predicted octanol–water partition coefficient (Wildman–Crippen LogP) is 1.54. The molecule has 3 aromatic rings. The summed E-state index contributed by atoms with van der Waals surface area (Å²) in [6.45, 7) is 1.91. The van der Waals surface area contributed by atoms with Crippen molar-refractivity contribution in [3.05, 3.63) is 79.8 Å².